The smallest absolute Gasteiger partial charge is 0.312 e. The van der Waals surface area contributed by atoms with Gasteiger partial charge in [-0.25, -0.2) is 0 Å². The largest absolute Gasteiger partial charge is 0.482 e. The van der Waals surface area contributed by atoms with Crippen molar-refractivity contribution in [2.75, 3.05) is 0 Å². The van der Waals surface area contributed by atoms with Gasteiger partial charge in [0.15, 0.2) is 0 Å². The van der Waals surface area contributed by atoms with Crippen molar-refractivity contribution >= 4 is 7.85 Å². The second kappa shape index (κ2) is 3.68. The van der Waals surface area contributed by atoms with Crippen LogP contribution in [-0.4, -0.2) is 25.3 Å². The van der Waals surface area contributed by atoms with Crippen LogP contribution in [0, 0.1) is 0 Å². The van der Waals surface area contributed by atoms with Gasteiger partial charge in [-0.15, -0.1) is 15.4 Å². The predicted molar refractivity (Wildman–Crippen MR) is 32.6 cm³/mol. The van der Waals surface area contributed by atoms with Crippen LogP contribution >= 0.6 is 0 Å². The molecule has 0 bridgehead atoms. The first-order valence-corrected chi connectivity index (χ1v) is 2.60. The number of alkyl halides is 2. The first-order chi connectivity index (χ1) is 4.45. The Morgan fingerprint density at radius 1 is 1.80 bits per heavy atom. The van der Waals surface area contributed by atoms with Gasteiger partial charge in [0.05, 0.1) is 0 Å². The zero-order valence-corrected chi connectivity index (χ0v) is 5.26. The summed E-state index contributed by atoms with van der Waals surface area (Å²) >= 11 is 0. The van der Waals surface area contributed by atoms with Crippen LogP contribution < -0.4 is 0 Å². The molecule has 0 rings (SSSR count). The summed E-state index contributed by atoms with van der Waals surface area (Å²) in [6.45, 7) is 3.24. The Balaban J connectivity index is 3.56. The van der Waals surface area contributed by atoms with E-state index in [1.807, 2.05) is 0 Å². The molecule has 2 nitrogen and oxygen atoms in total. The molecule has 0 fully saturated rings. The molecule has 0 aromatic heterocycles. The van der Waals surface area contributed by atoms with Crippen molar-refractivity contribution < 1.29 is 18.6 Å². The van der Waals surface area contributed by atoms with E-state index in [9.17, 15) is 8.78 Å². The summed E-state index contributed by atoms with van der Waals surface area (Å²) in [5.41, 5.74) is 0. The summed E-state index contributed by atoms with van der Waals surface area (Å²) in [7, 11) is 4.94. The van der Waals surface area contributed by atoms with E-state index in [0.29, 0.717) is 0 Å². The minimum atomic E-state index is -4.15. The number of rotatable bonds is 4. The zero-order valence-electron chi connectivity index (χ0n) is 5.26. The Bertz CT molecular complexity index is 113. The normalized spacial score (nSPS) is 14.7. The molecule has 56 valence electrons. The summed E-state index contributed by atoms with van der Waals surface area (Å²) in [5.74, 6) is 0. The van der Waals surface area contributed by atoms with Crippen LogP contribution in [-0.2, 0) is 4.74 Å². The number of ether oxygens (including phenoxy) is 1. The Morgan fingerprint density at radius 2 is 2.30 bits per heavy atom. The van der Waals surface area contributed by atoms with E-state index in [0.717, 1.165) is 0 Å². The van der Waals surface area contributed by atoms with Crippen molar-refractivity contribution in [2.45, 2.75) is 18.7 Å². The van der Waals surface area contributed by atoms with Crippen molar-refractivity contribution in [1.82, 2.24) is 0 Å². The molecule has 0 aromatic carbocycles. The third kappa shape index (κ3) is 5.72. The van der Waals surface area contributed by atoms with Crippen LogP contribution in [0.5, 0.6) is 0 Å². The van der Waals surface area contributed by atoms with E-state index in [-0.39, 0.29) is 6.42 Å². The maximum Gasteiger partial charge on any atom is 0.482 e. The lowest BCUT2D eigenvalue weighted by Gasteiger charge is -2.14. The quantitative estimate of drug-likeness (QED) is 0.359. The third-order valence-electron chi connectivity index (χ3n) is 0.692. The van der Waals surface area contributed by atoms with Crippen LogP contribution in [0.2, 0.25) is 0 Å². The minimum absolute atomic E-state index is 0.0656. The molecule has 5 heteroatoms. The van der Waals surface area contributed by atoms with Crippen LogP contribution in [0.4, 0.5) is 8.78 Å². The van der Waals surface area contributed by atoms with Crippen LogP contribution in [0.15, 0.2) is 12.7 Å². The molecule has 0 saturated heterocycles. The van der Waals surface area contributed by atoms with E-state index in [2.05, 4.69) is 11.3 Å². The number of hydrogen-bond donors (Lipinski definition) is 1. The van der Waals surface area contributed by atoms with Gasteiger partial charge >= 0.3 is 6.29 Å². The lowest BCUT2D eigenvalue weighted by molar-refractivity contribution is -0.376. The lowest BCUT2D eigenvalue weighted by atomic mass is 9.97. The fraction of sp³-hybridized carbons (Fsp3) is 0.600. The fourth-order valence-electron chi connectivity index (χ4n) is 0.395. The molecule has 0 saturated carbocycles. The van der Waals surface area contributed by atoms with Crippen LogP contribution in [0.1, 0.15) is 6.42 Å². The molecule has 0 amide bonds. The Hall–Kier alpha value is -0.415. The van der Waals surface area contributed by atoms with Gasteiger partial charge in [-0.2, -0.15) is 0 Å². The van der Waals surface area contributed by atoms with Gasteiger partial charge in [-0.3, -0.25) is 0 Å². The van der Waals surface area contributed by atoms with E-state index in [1.165, 1.54) is 6.08 Å². The Kier molecular flexibility index (Phi) is 3.53. The molecule has 0 heterocycles. The third-order valence-corrected chi connectivity index (χ3v) is 0.692. The molecule has 1 N–H and O–H groups in total. The van der Waals surface area contributed by atoms with Crippen molar-refractivity contribution in [3.05, 3.63) is 12.7 Å². The second-order valence-electron chi connectivity index (χ2n) is 1.67. The molecule has 2 radical (unpaired) electrons. The van der Waals surface area contributed by atoms with E-state index in [4.69, 9.17) is 13.0 Å². The maximum atomic E-state index is 11.5. The van der Waals surface area contributed by atoms with Gasteiger partial charge < -0.3 is 9.84 Å². The van der Waals surface area contributed by atoms with Gasteiger partial charge in [0, 0.05) is 6.00 Å². The first kappa shape index (κ1) is 9.58. The van der Waals surface area contributed by atoms with Gasteiger partial charge in [-0.1, -0.05) is 6.08 Å². The van der Waals surface area contributed by atoms with Crippen molar-refractivity contribution in [3.63, 3.8) is 0 Å². The van der Waals surface area contributed by atoms with Crippen LogP contribution in [0.3, 0.4) is 0 Å². The second-order valence-corrected chi connectivity index (χ2v) is 1.67. The Morgan fingerprint density at radius 3 is 2.60 bits per heavy atom. The van der Waals surface area contributed by atoms with Crippen molar-refractivity contribution in [1.29, 1.82) is 0 Å². The molecule has 0 aliphatic carbocycles. The average molecular weight is 148 g/mol. The van der Waals surface area contributed by atoms with Gasteiger partial charge in [-0.05, 0) is 6.42 Å². The van der Waals surface area contributed by atoms with E-state index >= 15 is 0 Å². The summed E-state index contributed by atoms with van der Waals surface area (Å²) in [6, 6.07) is -1.21. The number of aliphatic hydroxyl groups is 1. The van der Waals surface area contributed by atoms with Crippen LogP contribution in [0.25, 0.3) is 0 Å². The molecule has 0 spiro atoms. The van der Waals surface area contributed by atoms with Gasteiger partial charge in [0.1, 0.15) is 7.85 Å². The lowest BCUT2D eigenvalue weighted by Crippen LogP contribution is -2.27. The first-order valence-electron chi connectivity index (χ1n) is 2.60. The molecular formula is C5H7BF2O2. The van der Waals surface area contributed by atoms with Gasteiger partial charge in [0.25, 0.3) is 0 Å². The monoisotopic (exact) mass is 148 g/mol. The van der Waals surface area contributed by atoms with Gasteiger partial charge in [0.2, 0.25) is 0 Å². The molecule has 0 aliphatic rings. The standard InChI is InChI=1S/C5H7BF2O2/c1-2-3-4(6)10-5(7,8)9/h2,4,9H,1,3H2. The SMILES string of the molecule is [B]C(CC=C)OC(O)(F)F. The summed E-state index contributed by atoms with van der Waals surface area (Å²) in [6.07, 6.45) is -2.77. The zero-order chi connectivity index (χ0) is 8.20. The average Bonchev–Trinajstić information content (AvgIpc) is 1.59. The summed E-state index contributed by atoms with van der Waals surface area (Å²) < 4.78 is 26.6. The summed E-state index contributed by atoms with van der Waals surface area (Å²) in [5, 5.41) is 7.74. The number of halogens is 2. The molecule has 10 heavy (non-hydrogen) atoms. The highest BCUT2D eigenvalue weighted by molar-refractivity contribution is 6.11. The van der Waals surface area contributed by atoms with E-state index < -0.39 is 12.3 Å². The summed E-state index contributed by atoms with van der Waals surface area (Å²) in [4.78, 5) is 0. The highest BCUT2D eigenvalue weighted by atomic mass is 19.3. The van der Waals surface area contributed by atoms with Crippen molar-refractivity contribution in [2.24, 2.45) is 0 Å². The predicted octanol–water partition coefficient (Wildman–Crippen LogP) is 0.616. The highest BCUT2D eigenvalue weighted by Gasteiger charge is 2.27. The molecule has 1 unspecified atom stereocenters. The molecule has 1 atom stereocenters. The minimum Gasteiger partial charge on any atom is -0.312 e. The topological polar surface area (TPSA) is 29.5 Å². The Labute approximate surface area is 58.9 Å². The molecular weight excluding hydrogens is 141 g/mol. The van der Waals surface area contributed by atoms with E-state index in [1.54, 1.807) is 0 Å². The molecule has 0 aromatic rings. The van der Waals surface area contributed by atoms with Crippen molar-refractivity contribution in [3.8, 4) is 0 Å². The maximum absolute atomic E-state index is 11.5. The highest BCUT2D eigenvalue weighted by Crippen LogP contribution is 2.13. The number of hydrogen-bond acceptors (Lipinski definition) is 2. The fourth-order valence-corrected chi connectivity index (χ4v) is 0.395. The molecule has 0 aliphatic heterocycles.